The Morgan fingerprint density at radius 1 is 1.17 bits per heavy atom. The summed E-state index contributed by atoms with van der Waals surface area (Å²) in [6.45, 7) is 0.388. The van der Waals surface area contributed by atoms with Gasteiger partial charge in [0.1, 0.15) is 0 Å². The fraction of sp³-hybridized carbons (Fsp3) is 0.154. The summed E-state index contributed by atoms with van der Waals surface area (Å²) in [5.74, 6) is 0.375. The average Bonchev–Trinajstić information content (AvgIpc) is 2.86. The number of carbonyl (C=O) groups is 1. The first kappa shape index (κ1) is 12.2. The van der Waals surface area contributed by atoms with Gasteiger partial charge < -0.3 is 20.2 Å². The molecule has 1 amide bonds. The minimum absolute atomic E-state index is 0.00620. The highest BCUT2D eigenvalue weighted by molar-refractivity contribution is 6.02. The summed E-state index contributed by atoms with van der Waals surface area (Å²) in [6, 6.07) is 12.4. The summed E-state index contributed by atoms with van der Waals surface area (Å²) in [5, 5.41) is 14.2. The highest BCUT2D eigenvalue weighted by Gasteiger charge is 2.10. The molecule has 0 atom stereocenters. The van der Waals surface area contributed by atoms with Crippen molar-refractivity contribution in [2.24, 2.45) is 0 Å². The number of aliphatic hydroxyl groups is 1. The smallest absolute Gasteiger partial charge is 0.291 e. The van der Waals surface area contributed by atoms with Crippen LogP contribution in [0.2, 0.25) is 0 Å². The van der Waals surface area contributed by atoms with Gasteiger partial charge in [0.15, 0.2) is 11.6 Å². The number of aliphatic hydroxyl groups excluding tert-OH is 1. The molecule has 5 heteroatoms. The maximum Gasteiger partial charge on any atom is 0.291 e. The summed E-state index contributed by atoms with van der Waals surface area (Å²) in [6.07, 6.45) is 0. The Balaban J connectivity index is 1.99. The Morgan fingerprint density at radius 2 is 1.94 bits per heavy atom. The summed E-state index contributed by atoms with van der Waals surface area (Å²) in [7, 11) is 0. The molecule has 2 rings (SSSR count). The van der Waals surface area contributed by atoms with Crippen LogP contribution in [0.25, 0.3) is 0 Å². The average molecular weight is 246 g/mol. The molecule has 0 aliphatic carbocycles. The molecule has 0 bridgehead atoms. The number of carbonyl (C=O) groups excluding carboxylic acids is 1. The summed E-state index contributed by atoms with van der Waals surface area (Å²) >= 11 is 0. The molecule has 0 aliphatic heterocycles. The van der Waals surface area contributed by atoms with Crippen molar-refractivity contribution in [3.05, 3.63) is 48.2 Å². The van der Waals surface area contributed by atoms with Crippen molar-refractivity contribution < 1.29 is 14.3 Å². The van der Waals surface area contributed by atoms with E-state index in [0.717, 1.165) is 0 Å². The van der Waals surface area contributed by atoms with Crippen molar-refractivity contribution in [1.29, 1.82) is 0 Å². The molecule has 0 radical (unpaired) electrons. The third-order valence-corrected chi connectivity index (χ3v) is 2.27. The van der Waals surface area contributed by atoms with Crippen molar-refractivity contribution >= 4 is 17.5 Å². The van der Waals surface area contributed by atoms with Gasteiger partial charge in [0.05, 0.1) is 6.61 Å². The Hall–Kier alpha value is -2.27. The molecule has 3 N–H and O–H groups in total. The fourth-order valence-corrected chi connectivity index (χ4v) is 1.45. The third kappa shape index (κ3) is 3.11. The van der Waals surface area contributed by atoms with E-state index in [0.29, 0.717) is 18.1 Å². The standard InChI is InChI=1S/C13H14N2O3/c16-9-8-14-12-7-6-11(18-12)13(17)15-10-4-2-1-3-5-10/h1-7,14,16H,8-9H2,(H,15,17). The van der Waals surface area contributed by atoms with E-state index in [9.17, 15) is 4.79 Å². The van der Waals surface area contributed by atoms with E-state index in [4.69, 9.17) is 9.52 Å². The van der Waals surface area contributed by atoms with E-state index in [2.05, 4.69) is 10.6 Å². The lowest BCUT2D eigenvalue weighted by Crippen LogP contribution is -2.10. The molecule has 1 aromatic heterocycles. The van der Waals surface area contributed by atoms with Gasteiger partial charge in [-0.1, -0.05) is 18.2 Å². The quantitative estimate of drug-likeness (QED) is 0.753. The third-order valence-electron chi connectivity index (χ3n) is 2.27. The van der Waals surface area contributed by atoms with Crippen LogP contribution in [0.4, 0.5) is 11.6 Å². The molecule has 0 aliphatic rings. The number of benzene rings is 1. The fourth-order valence-electron chi connectivity index (χ4n) is 1.45. The second kappa shape index (κ2) is 5.88. The molecule has 0 saturated carbocycles. The van der Waals surface area contributed by atoms with E-state index >= 15 is 0 Å². The lowest BCUT2D eigenvalue weighted by molar-refractivity contribution is 0.0997. The van der Waals surface area contributed by atoms with Gasteiger partial charge in [0.25, 0.3) is 5.91 Å². The second-order valence-electron chi connectivity index (χ2n) is 3.63. The maximum atomic E-state index is 11.8. The topological polar surface area (TPSA) is 74.5 Å². The zero-order valence-electron chi connectivity index (χ0n) is 9.72. The van der Waals surface area contributed by atoms with Gasteiger partial charge >= 0.3 is 0 Å². The van der Waals surface area contributed by atoms with Crippen LogP contribution in [0, 0.1) is 0 Å². The van der Waals surface area contributed by atoms with Gasteiger partial charge in [-0.25, -0.2) is 0 Å². The molecule has 0 saturated heterocycles. The van der Waals surface area contributed by atoms with Crippen LogP contribution >= 0.6 is 0 Å². The number of hydrogen-bond acceptors (Lipinski definition) is 4. The van der Waals surface area contributed by atoms with E-state index < -0.39 is 0 Å². The van der Waals surface area contributed by atoms with Gasteiger partial charge in [-0.3, -0.25) is 4.79 Å². The summed E-state index contributed by atoms with van der Waals surface area (Å²) in [5.41, 5.74) is 0.712. The van der Waals surface area contributed by atoms with Crippen molar-refractivity contribution in [1.82, 2.24) is 0 Å². The Labute approximate surface area is 104 Å². The van der Waals surface area contributed by atoms with Crippen LogP contribution in [-0.4, -0.2) is 24.2 Å². The highest BCUT2D eigenvalue weighted by Crippen LogP contribution is 2.15. The molecule has 5 nitrogen and oxygen atoms in total. The molecule has 0 spiro atoms. The monoisotopic (exact) mass is 246 g/mol. The molecule has 2 aromatic rings. The van der Waals surface area contributed by atoms with E-state index in [1.54, 1.807) is 24.3 Å². The highest BCUT2D eigenvalue weighted by atomic mass is 16.4. The van der Waals surface area contributed by atoms with Crippen molar-refractivity contribution in [3.8, 4) is 0 Å². The molecule has 1 heterocycles. The van der Waals surface area contributed by atoms with E-state index in [1.807, 2.05) is 18.2 Å². The lowest BCUT2D eigenvalue weighted by atomic mass is 10.3. The minimum Gasteiger partial charge on any atom is -0.436 e. The summed E-state index contributed by atoms with van der Waals surface area (Å²) < 4.78 is 5.29. The number of anilines is 2. The Morgan fingerprint density at radius 3 is 2.67 bits per heavy atom. The molecule has 94 valence electrons. The molecular formula is C13H14N2O3. The number of hydrogen-bond donors (Lipinski definition) is 3. The van der Waals surface area contributed by atoms with Crippen LogP contribution < -0.4 is 10.6 Å². The first-order valence-electron chi connectivity index (χ1n) is 5.60. The largest absolute Gasteiger partial charge is 0.436 e. The van der Waals surface area contributed by atoms with Crippen LogP contribution in [0.5, 0.6) is 0 Å². The number of para-hydroxylation sites is 1. The zero-order chi connectivity index (χ0) is 12.8. The van der Waals surface area contributed by atoms with Crippen LogP contribution in [0.1, 0.15) is 10.6 Å². The van der Waals surface area contributed by atoms with Gasteiger partial charge in [0.2, 0.25) is 0 Å². The van der Waals surface area contributed by atoms with Gasteiger partial charge in [-0.05, 0) is 18.2 Å². The second-order valence-corrected chi connectivity index (χ2v) is 3.63. The Kier molecular flexibility index (Phi) is 3.98. The first-order valence-corrected chi connectivity index (χ1v) is 5.60. The number of amides is 1. The van der Waals surface area contributed by atoms with Gasteiger partial charge in [-0.2, -0.15) is 0 Å². The van der Waals surface area contributed by atoms with Crippen molar-refractivity contribution in [2.75, 3.05) is 23.8 Å². The molecule has 18 heavy (non-hydrogen) atoms. The van der Waals surface area contributed by atoms with E-state index in [-0.39, 0.29) is 18.3 Å². The molecule has 1 aromatic carbocycles. The zero-order valence-corrected chi connectivity index (χ0v) is 9.72. The first-order chi connectivity index (χ1) is 8.79. The number of rotatable bonds is 5. The van der Waals surface area contributed by atoms with Crippen molar-refractivity contribution in [3.63, 3.8) is 0 Å². The normalized spacial score (nSPS) is 10.1. The van der Waals surface area contributed by atoms with Gasteiger partial charge in [0, 0.05) is 18.3 Å². The molecule has 0 fully saturated rings. The van der Waals surface area contributed by atoms with Gasteiger partial charge in [-0.15, -0.1) is 0 Å². The minimum atomic E-state index is -0.307. The van der Waals surface area contributed by atoms with Crippen LogP contribution in [-0.2, 0) is 0 Å². The predicted molar refractivity (Wildman–Crippen MR) is 68.7 cm³/mol. The van der Waals surface area contributed by atoms with E-state index in [1.165, 1.54) is 0 Å². The van der Waals surface area contributed by atoms with Crippen LogP contribution in [0.3, 0.4) is 0 Å². The lowest BCUT2D eigenvalue weighted by Gasteiger charge is -2.02. The Bertz CT molecular complexity index is 508. The maximum absolute atomic E-state index is 11.8. The molecule has 0 unspecified atom stereocenters. The number of nitrogens with one attached hydrogen (secondary N) is 2. The SMILES string of the molecule is O=C(Nc1ccccc1)c1ccc(NCCO)o1. The number of furan rings is 1. The summed E-state index contributed by atoms with van der Waals surface area (Å²) in [4.78, 5) is 11.8. The van der Waals surface area contributed by atoms with Crippen molar-refractivity contribution in [2.45, 2.75) is 0 Å². The van der Waals surface area contributed by atoms with Crippen LogP contribution in [0.15, 0.2) is 46.9 Å². The predicted octanol–water partition coefficient (Wildman–Crippen LogP) is 1.94. The molecular weight excluding hydrogens is 232 g/mol.